The summed E-state index contributed by atoms with van der Waals surface area (Å²) in [6, 6.07) is 13.4. The van der Waals surface area contributed by atoms with Crippen molar-refractivity contribution in [2.24, 2.45) is 17.8 Å². The average molecular weight is 529 g/mol. The smallest absolute Gasteiger partial charge is 0.323 e. The summed E-state index contributed by atoms with van der Waals surface area (Å²) in [5, 5.41) is 4.17. The molecule has 2 saturated carbocycles. The minimum atomic E-state index is -0.0951. The third kappa shape index (κ3) is 5.35. The van der Waals surface area contributed by atoms with Gasteiger partial charge in [-0.1, -0.05) is 18.2 Å². The number of hydrogen-bond donors (Lipinski definition) is 1. The van der Waals surface area contributed by atoms with Crippen molar-refractivity contribution in [2.75, 3.05) is 26.3 Å². The predicted octanol–water partition coefficient (Wildman–Crippen LogP) is 4.48. The van der Waals surface area contributed by atoms with Gasteiger partial charge < -0.3 is 14.8 Å². The summed E-state index contributed by atoms with van der Waals surface area (Å²) in [6.45, 7) is 6.59. The molecule has 3 aliphatic rings. The monoisotopic (exact) mass is 528 g/mol. The molecule has 3 atom stereocenters. The van der Waals surface area contributed by atoms with Crippen LogP contribution in [-0.2, 0) is 9.53 Å². The molecular formula is C31H36N4O4. The van der Waals surface area contributed by atoms with E-state index in [2.05, 4.69) is 15.2 Å². The Hall–Kier alpha value is -3.52. The Morgan fingerprint density at radius 3 is 2.49 bits per heavy atom. The first-order valence-electron chi connectivity index (χ1n) is 14.2. The average Bonchev–Trinajstić information content (AvgIpc) is 3.59. The number of ether oxygens (including phenoxy) is 2. The number of carbonyl (C=O) groups excluding carboxylic acids is 2. The maximum atomic E-state index is 13.6. The second-order valence-electron chi connectivity index (χ2n) is 11.0. The quantitative estimate of drug-likeness (QED) is 0.410. The van der Waals surface area contributed by atoms with Crippen LogP contribution in [0.3, 0.4) is 0 Å². The van der Waals surface area contributed by atoms with Crippen molar-refractivity contribution in [1.82, 2.24) is 20.2 Å². The number of hydrogen-bond acceptors (Lipinski definition) is 7. The van der Waals surface area contributed by atoms with Crippen LogP contribution in [0.15, 0.2) is 48.7 Å². The molecule has 204 valence electrons. The highest BCUT2D eigenvalue weighted by molar-refractivity contribution is 6.07. The molecule has 1 N–H and O–H groups in total. The number of carbonyl (C=O) groups is 2. The maximum Gasteiger partial charge on any atom is 0.323 e. The van der Waals surface area contributed by atoms with E-state index in [1.54, 1.807) is 6.20 Å². The molecule has 0 radical (unpaired) electrons. The molecule has 3 fully saturated rings. The van der Waals surface area contributed by atoms with E-state index >= 15 is 0 Å². The van der Waals surface area contributed by atoms with Crippen LogP contribution in [0.25, 0.3) is 22.2 Å². The number of likely N-dealkylation sites (tertiary alicyclic amines) is 1. The molecule has 1 aromatic carbocycles. The number of nitrogens with one attached hydrogen (secondary N) is 1. The number of benzene rings is 1. The Kier molecular flexibility index (Phi) is 7.21. The van der Waals surface area contributed by atoms with Gasteiger partial charge in [-0.15, -0.1) is 0 Å². The SMILES string of the molecule is CCOC(=O)C(C1CC1)N1CC2CC(NC(=O)c3cc(-c4ccc(OCC)nc4)nc4ccccc34)CC2C1. The molecule has 8 heteroatoms. The third-order valence-corrected chi connectivity index (χ3v) is 8.39. The summed E-state index contributed by atoms with van der Waals surface area (Å²) in [5.41, 5.74) is 2.94. The number of fused-ring (bicyclic) bond motifs is 2. The largest absolute Gasteiger partial charge is 0.478 e. The molecule has 3 heterocycles. The summed E-state index contributed by atoms with van der Waals surface area (Å²) >= 11 is 0. The molecule has 39 heavy (non-hydrogen) atoms. The standard InChI is InChI=1S/C31H36N4O4/c1-3-38-28-12-11-20(16-32-28)27-15-25(24-7-5-6-8-26(24)34-27)30(36)33-23-13-21-17-35(18-22(21)14-23)29(19-9-10-19)31(37)39-4-2/h5-8,11-12,15-16,19,21-23,29H,3-4,9-10,13-14,17-18H2,1-2H3,(H,33,36). The highest BCUT2D eigenvalue weighted by atomic mass is 16.5. The normalized spacial score (nSPS) is 23.4. The van der Waals surface area contributed by atoms with Gasteiger partial charge in [-0.25, -0.2) is 9.97 Å². The van der Waals surface area contributed by atoms with Crippen LogP contribution in [0.1, 0.15) is 49.9 Å². The van der Waals surface area contributed by atoms with E-state index in [0.29, 0.717) is 48.1 Å². The first kappa shape index (κ1) is 25.7. The van der Waals surface area contributed by atoms with E-state index in [0.717, 1.165) is 55.2 Å². The lowest BCUT2D eigenvalue weighted by atomic mass is 10.0. The Labute approximate surface area is 229 Å². The molecule has 0 spiro atoms. The number of rotatable bonds is 9. The number of esters is 1. The summed E-state index contributed by atoms with van der Waals surface area (Å²) in [5.74, 6) is 1.86. The van der Waals surface area contributed by atoms with E-state index in [9.17, 15) is 9.59 Å². The fourth-order valence-corrected chi connectivity index (χ4v) is 6.50. The van der Waals surface area contributed by atoms with Gasteiger partial charge in [0.05, 0.1) is 30.0 Å². The molecule has 2 aromatic heterocycles. The van der Waals surface area contributed by atoms with Gasteiger partial charge in [0, 0.05) is 42.3 Å². The number of para-hydroxylation sites is 1. The van der Waals surface area contributed by atoms with Crippen LogP contribution >= 0.6 is 0 Å². The van der Waals surface area contributed by atoms with Crippen LogP contribution in [0.2, 0.25) is 0 Å². The van der Waals surface area contributed by atoms with Crippen LogP contribution in [0.5, 0.6) is 5.88 Å². The molecule has 3 aromatic rings. The van der Waals surface area contributed by atoms with E-state index in [1.807, 2.05) is 56.3 Å². The molecule has 2 aliphatic carbocycles. The van der Waals surface area contributed by atoms with E-state index in [4.69, 9.17) is 14.5 Å². The molecule has 1 saturated heterocycles. The van der Waals surface area contributed by atoms with Crippen molar-refractivity contribution in [2.45, 2.75) is 51.6 Å². The van der Waals surface area contributed by atoms with Crippen LogP contribution < -0.4 is 10.1 Å². The van der Waals surface area contributed by atoms with Gasteiger partial charge >= 0.3 is 5.97 Å². The second-order valence-corrected chi connectivity index (χ2v) is 11.0. The van der Waals surface area contributed by atoms with Gasteiger partial charge in [0.2, 0.25) is 5.88 Å². The predicted molar refractivity (Wildman–Crippen MR) is 148 cm³/mol. The second kappa shape index (κ2) is 10.9. The molecular weight excluding hydrogens is 492 g/mol. The number of aromatic nitrogens is 2. The topological polar surface area (TPSA) is 93.7 Å². The molecule has 1 aliphatic heterocycles. The molecule has 6 rings (SSSR count). The van der Waals surface area contributed by atoms with Crippen molar-refractivity contribution >= 4 is 22.8 Å². The Bertz CT molecular complexity index is 1340. The number of nitrogens with zero attached hydrogens (tertiary/aromatic N) is 3. The first-order valence-corrected chi connectivity index (χ1v) is 14.2. The summed E-state index contributed by atoms with van der Waals surface area (Å²) in [4.78, 5) is 37.8. The zero-order valence-corrected chi connectivity index (χ0v) is 22.6. The number of amides is 1. The lowest BCUT2D eigenvalue weighted by molar-refractivity contribution is -0.150. The molecule has 3 unspecified atom stereocenters. The molecule has 0 bridgehead atoms. The lowest BCUT2D eigenvalue weighted by Crippen LogP contribution is -2.44. The fraction of sp³-hybridized carbons (Fsp3) is 0.484. The molecule has 1 amide bonds. The van der Waals surface area contributed by atoms with Crippen LogP contribution in [0, 0.1) is 17.8 Å². The van der Waals surface area contributed by atoms with Crippen molar-refractivity contribution in [1.29, 1.82) is 0 Å². The van der Waals surface area contributed by atoms with Crippen LogP contribution in [-0.4, -0.2) is 65.1 Å². The Morgan fingerprint density at radius 1 is 1.05 bits per heavy atom. The van der Waals surface area contributed by atoms with E-state index < -0.39 is 0 Å². The lowest BCUT2D eigenvalue weighted by Gasteiger charge is -2.27. The highest BCUT2D eigenvalue weighted by Gasteiger charge is 2.48. The van der Waals surface area contributed by atoms with Gasteiger partial charge in [-0.2, -0.15) is 0 Å². The first-order chi connectivity index (χ1) is 19.0. The fourth-order valence-electron chi connectivity index (χ4n) is 6.50. The number of pyridine rings is 2. The van der Waals surface area contributed by atoms with Gasteiger partial charge in [-0.05, 0) is 75.5 Å². The van der Waals surface area contributed by atoms with Crippen LogP contribution in [0.4, 0.5) is 0 Å². The van der Waals surface area contributed by atoms with Gasteiger partial charge in [0.1, 0.15) is 6.04 Å². The minimum absolute atomic E-state index is 0.0621. The third-order valence-electron chi connectivity index (χ3n) is 8.39. The van der Waals surface area contributed by atoms with Crippen molar-refractivity contribution < 1.29 is 19.1 Å². The Balaban J connectivity index is 1.16. The zero-order chi connectivity index (χ0) is 26.9. The van der Waals surface area contributed by atoms with Crippen molar-refractivity contribution in [3.63, 3.8) is 0 Å². The van der Waals surface area contributed by atoms with E-state index in [1.165, 1.54) is 0 Å². The van der Waals surface area contributed by atoms with E-state index in [-0.39, 0.29) is 24.0 Å². The highest BCUT2D eigenvalue weighted by Crippen LogP contribution is 2.43. The van der Waals surface area contributed by atoms with Crippen molar-refractivity contribution in [3.8, 4) is 17.1 Å². The minimum Gasteiger partial charge on any atom is -0.478 e. The molecule has 8 nitrogen and oxygen atoms in total. The van der Waals surface area contributed by atoms with Crippen molar-refractivity contribution in [3.05, 3.63) is 54.2 Å². The summed E-state index contributed by atoms with van der Waals surface area (Å²) < 4.78 is 10.9. The Morgan fingerprint density at radius 2 is 1.82 bits per heavy atom. The maximum absolute atomic E-state index is 13.6. The van der Waals surface area contributed by atoms with Gasteiger partial charge in [-0.3, -0.25) is 14.5 Å². The summed E-state index contributed by atoms with van der Waals surface area (Å²) in [6.07, 6.45) is 5.84. The van der Waals surface area contributed by atoms with Gasteiger partial charge in [0.15, 0.2) is 0 Å². The van der Waals surface area contributed by atoms with Gasteiger partial charge in [0.25, 0.3) is 5.91 Å². The zero-order valence-electron chi connectivity index (χ0n) is 22.6. The summed E-state index contributed by atoms with van der Waals surface area (Å²) in [7, 11) is 0.